The number of carbonyl (C=O) groups excluding carboxylic acids is 2. The Balaban J connectivity index is 1.56. The van der Waals surface area contributed by atoms with Crippen molar-refractivity contribution in [2.24, 2.45) is 5.92 Å². The summed E-state index contributed by atoms with van der Waals surface area (Å²) in [6.45, 7) is 2.85. The number of hydrogen-bond donors (Lipinski definition) is 1. The van der Waals surface area contributed by atoms with Crippen LogP contribution in [0.25, 0.3) is 0 Å². The molecule has 6 heteroatoms. The number of rotatable bonds is 3. The van der Waals surface area contributed by atoms with Crippen LogP contribution in [0.4, 0.5) is 10.1 Å². The molecule has 1 N–H and O–H groups in total. The Morgan fingerprint density at radius 1 is 1.15 bits per heavy atom. The molecule has 0 unspecified atom stereocenters. The fourth-order valence-electron chi connectivity index (χ4n) is 3.06. The fourth-order valence-corrected chi connectivity index (χ4v) is 3.24. The normalized spacial score (nSPS) is 15.0. The van der Waals surface area contributed by atoms with E-state index in [1.807, 2.05) is 19.1 Å². The van der Waals surface area contributed by atoms with Crippen LogP contribution in [0.3, 0.4) is 0 Å². The first-order valence-electron chi connectivity index (χ1n) is 8.56. The minimum atomic E-state index is -0.429. The smallest absolute Gasteiger partial charge is 0.253 e. The van der Waals surface area contributed by atoms with E-state index in [0.29, 0.717) is 42.2 Å². The Morgan fingerprint density at radius 3 is 2.54 bits per heavy atom. The van der Waals surface area contributed by atoms with Crippen molar-refractivity contribution in [3.63, 3.8) is 0 Å². The van der Waals surface area contributed by atoms with Gasteiger partial charge in [-0.25, -0.2) is 4.39 Å². The van der Waals surface area contributed by atoms with E-state index in [2.05, 4.69) is 5.32 Å². The van der Waals surface area contributed by atoms with E-state index >= 15 is 0 Å². The topological polar surface area (TPSA) is 49.4 Å². The van der Waals surface area contributed by atoms with Gasteiger partial charge in [-0.05, 0) is 55.7 Å². The molecule has 0 bridgehead atoms. The molecule has 2 aromatic carbocycles. The van der Waals surface area contributed by atoms with Gasteiger partial charge < -0.3 is 10.2 Å². The van der Waals surface area contributed by atoms with Crippen LogP contribution in [0.5, 0.6) is 0 Å². The number of benzene rings is 2. The predicted molar refractivity (Wildman–Crippen MR) is 99.8 cm³/mol. The zero-order chi connectivity index (χ0) is 18.7. The van der Waals surface area contributed by atoms with Crippen molar-refractivity contribution in [3.8, 4) is 0 Å². The second-order valence-corrected chi connectivity index (χ2v) is 6.94. The minimum absolute atomic E-state index is 0.0669. The maximum Gasteiger partial charge on any atom is 0.253 e. The van der Waals surface area contributed by atoms with Crippen molar-refractivity contribution in [2.45, 2.75) is 19.8 Å². The van der Waals surface area contributed by atoms with Gasteiger partial charge in [-0.3, -0.25) is 9.59 Å². The number of nitrogens with one attached hydrogen (secondary N) is 1. The molecular weight excluding hydrogens is 355 g/mol. The second-order valence-electron chi connectivity index (χ2n) is 6.53. The van der Waals surface area contributed by atoms with Crippen LogP contribution in [0.1, 0.15) is 28.8 Å². The van der Waals surface area contributed by atoms with E-state index in [1.54, 1.807) is 17.0 Å². The van der Waals surface area contributed by atoms with Gasteiger partial charge in [0.15, 0.2) is 0 Å². The molecule has 4 nitrogen and oxygen atoms in total. The molecule has 26 heavy (non-hydrogen) atoms. The first-order valence-corrected chi connectivity index (χ1v) is 8.93. The Hall–Kier alpha value is -2.40. The zero-order valence-electron chi connectivity index (χ0n) is 14.5. The molecule has 0 aromatic heterocycles. The molecule has 136 valence electrons. The molecule has 1 heterocycles. The summed E-state index contributed by atoms with van der Waals surface area (Å²) in [7, 11) is 0. The van der Waals surface area contributed by atoms with E-state index in [0.717, 1.165) is 5.56 Å². The van der Waals surface area contributed by atoms with Gasteiger partial charge in [-0.15, -0.1) is 0 Å². The Kier molecular flexibility index (Phi) is 5.57. The lowest BCUT2D eigenvalue weighted by atomic mass is 9.95. The van der Waals surface area contributed by atoms with Gasteiger partial charge in [-0.2, -0.15) is 0 Å². The maximum atomic E-state index is 13.3. The van der Waals surface area contributed by atoms with Gasteiger partial charge in [0.25, 0.3) is 5.91 Å². The number of aryl methyl sites for hydroxylation is 1. The van der Waals surface area contributed by atoms with Gasteiger partial charge in [0.1, 0.15) is 5.82 Å². The number of likely N-dealkylation sites (tertiary alicyclic amines) is 1. The van der Waals surface area contributed by atoms with Crippen molar-refractivity contribution in [2.75, 3.05) is 18.4 Å². The zero-order valence-corrected chi connectivity index (χ0v) is 15.2. The van der Waals surface area contributed by atoms with Gasteiger partial charge >= 0.3 is 0 Å². The lowest BCUT2D eigenvalue weighted by Crippen LogP contribution is -2.41. The highest BCUT2D eigenvalue weighted by atomic mass is 35.5. The molecule has 1 aliphatic rings. The molecule has 3 rings (SSSR count). The first-order chi connectivity index (χ1) is 12.4. The summed E-state index contributed by atoms with van der Waals surface area (Å²) < 4.78 is 13.3. The predicted octanol–water partition coefficient (Wildman–Crippen LogP) is 4.28. The molecule has 0 aliphatic carbocycles. The van der Waals surface area contributed by atoms with Crippen molar-refractivity contribution in [1.29, 1.82) is 0 Å². The molecule has 1 saturated heterocycles. The monoisotopic (exact) mass is 374 g/mol. The third kappa shape index (κ3) is 4.22. The summed E-state index contributed by atoms with van der Waals surface area (Å²) >= 11 is 6.08. The van der Waals surface area contributed by atoms with E-state index in [9.17, 15) is 14.0 Å². The number of anilines is 1. The third-order valence-electron chi connectivity index (χ3n) is 4.66. The number of piperidine rings is 1. The highest BCUT2D eigenvalue weighted by Crippen LogP contribution is 2.24. The number of hydrogen-bond acceptors (Lipinski definition) is 2. The molecule has 0 radical (unpaired) electrons. The van der Waals surface area contributed by atoms with Crippen molar-refractivity contribution in [3.05, 3.63) is 64.4 Å². The van der Waals surface area contributed by atoms with Crippen molar-refractivity contribution < 1.29 is 14.0 Å². The lowest BCUT2D eigenvalue weighted by molar-refractivity contribution is -0.121. The Bertz CT molecular complexity index is 832. The van der Waals surface area contributed by atoms with Crippen LogP contribution >= 0.6 is 11.6 Å². The fraction of sp³-hybridized carbons (Fsp3) is 0.300. The van der Waals surface area contributed by atoms with Crippen LogP contribution in [-0.4, -0.2) is 29.8 Å². The Labute approximate surface area is 157 Å². The molecule has 1 fully saturated rings. The highest BCUT2D eigenvalue weighted by molar-refractivity contribution is 6.31. The SMILES string of the molecule is Cc1ccc(NC(=O)C2CCN(C(=O)c3cccc(F)c3)CC2)cc1Cl. The molecule has 0 atom stereocenters. The van der Waals surface area contributed by atoms with E-state index in [1.165, 1.54) is 18.2 Å². The Morgan fingerprint density at radius 2 is 1.88 bits per heavy atom. The summed E-state index contributed by atoms with van der Waals surface area (Å²) in [6.07, 6.45) is 1.15. The number of carbonyl (C=O) groups is 2. The van der Waals surface area contributed by atoms with E-state index < -0.39 is 5.82 Å². The van der Waals surface area contributed by atoms with Gasteiger partial charge in [-0.1, -0.05) is 23.7 Å². The van der Waals surface area contributed by atoms with Crippen LogP contribution in [0.2, 0.25) is 5.02 Å². The quantitative estimate of drug-likeness (QED) is 0.871. The number of halogens is 2. The van der Waals surface area contributed by atoms with Crippen LogP contribution in [-0.2, 0) is 4.79 Å². The van der Waals surface area contributed by atoms with E-state index in [4.69, 9.17) is 11.6 Å². The molecule has 2 aromatic rings. The van der Waals surface area contributed by atoms with Crippen LogP contribution in [0, 0.1) is 18.7 Å². The lowest BCUT2D eigenvalue weighted by Gasteiger charge is -2.31. The molecule has 0 saturated carbocycles. The number of nitrogens with zero attached hydrogens (tertiary/aromatic N) is 1. The van der Waals surface area contributed by atoms with Crippen LogP contribution < -0.4 is 5.32 Å². The molecule has 0 spiro atoms. The average molecular weight is 375 g/mol. The summed E-state index contributed by atoms with van der Waals surface area (Å²) in [5.74, 6) is -0.857. The summed E-state index contributed by atoms with van der Waals surface area (Å²) in [6, 6.07) is 11.1. The van der Waals surface area contributed by atoms with Crippen molar-refractivity contribution >= 4 is 29.1 Å². The minimum Gasteiger partial charge on any atom is -0.339 e. The van der Waals surface area contributed by atoms with Crippen LogP contribution in [0.15, 0.2) is 42.5 Å². The van der Waals surface area contributed by atoms with E-state index in [-0.39, 0.29) is 17.7 Å². The molecular formula is C20H20ClFN2O2. The second kappa shape index (κ2) is 7.87. The highest BCUT2D eigenvalue weighted by Gasteiger charge is 2.28. The summed E-state index contributed by atoms with van der Waals surface area (Å²) in [5, 5.41) is 3.50. The number of amides is 2. The first kappa shape index (κ1) is 18.4. The van der Waals surface area contributed by atoms with Gasteiger partial charge in [0, 0.05) is 35.3 Å². The van der Waals surface area contributed by atoms with Gasteiger partial charge in [0.2, 0.25) is 5.91 Å². The van der Waals surface area contributed by atoms with Gasteiger partial charge in [0.05, 0.1) is 0 Å². The summed E-state index contributed by atoms with van der Waals surface area (Å²) in [5.41, 5.74) is 1.96. The van der Waals surface area contributed by atoms with Crippen molar-refractivity contribution in [1.82, 2.24) is 4.90 Å². The largest absolute Gasteiger partial charge is 0.339 e. The molecule has 2 amide bonds. The maximum absolute atomic E-state index is 13.3. The average Bonchev–Trinajstić information content (AvgIpc) is 2.64. The summed E-state index contributed by atoms with van der Waals surface area (Å²) in [4.78, 5) is 26.5. The molecule has 1 aliphatic heterocycles. The standard InChI is InChI=1S/C20H20ClFN2O2/c1-13-5-6-17(12-18(13)21)23-19(25)14-7-9-24(10-8-14)20(26)15-3-2-4-16(22)11-15/h2-6,11-12,14H,7-10H2,1H3,(H,23,25). The third-order valence-corrected chi connectivity index (χ3v) is 5.07.